The van der Waals surface area contributed by atoms with Crippen molar-refractivity contribution < 1.29 is 23.1 Å². The van der Waals surface area contributed by atoms with Crippen molar-refractivity contribution in [1.29, 1.82) is 0 Å². The molecule has 2 aromatic carbocycles. The summed E-state index contributed by atoms with van der Waals surface area (Å²) in [4.78, 5) is 17.6. The van der Waals surface area contributed by atoms with Gasteiger partial charge in [-0.15, -0.1) is 11.3 Å². The van der Waals surface area contributed by atoms with Gasteiger partial charge < -0.3 is 10.4 Å². The Morgan fingerprint density at radius 2 is 1.88 bits per heavy atom. The molecule has 0 aliphatic heterocycles. The molecule has 0 atom stereocenters. The molecule has 2 aromatic heterocycles. The van der Waals surface area contributed by atoms with Gasteiger partial charge >= 0.3 is 6.18 Å². The molecular weight excluding hydrogens is 437 g/mol. The smallest absolute Gasteiger partial charge is 0.395 e. The summed E-state index contributed by atoms with van der Waals surface area (Å²) in [5.74, 6) is -0.275. The molecule has 0 saturated heterocycles. The van der Waals surface area contributed by atoms with E-state index in [1.54, 1.807) is 30.5 Å². The highest BCUT2D eigenvalue weighted by atomic mass is 32.1. The van der Waals surface area contributed by atoms with Crippen LogP contribution in [0.5, 0.6) is 0 Å². The quantitative estimate of drug-likeness (QED) is 0.414. The molecule has 0 fully saturated rings. The topological polar surface area (TPSA) is 62.2 Å². The first-order chi connectivity index (χ1) is 15.3. The summed E-state index contributed by atoms with van der Waals surface area (Å²) >= 11 is 1.48. The van der Waals surface area contributed by atoms with Gasteiger partial charge in [-0.05, 0) is 41.5 Å². The molecule has 8 heteroatoms. The predicted octanol–water partition coefficient (Wildman–Crippen LogP) is 5.30. The van der Waals surface area contributed by atoms with Crippen molar-refractivity contribution >= 4 is 27.5 Å². The number of halogens is 3. The zero-order valence-electron chi connectivity index (χ0n) is 16.8. The van der Waals surface area contributed by atoms with Crippen molar-refractivity contribution in [2.24, 2.45) is 0 Å². The van der Waals surface area contributed by atoms with Crippen LogP contribution in [0.3, 0.4) is 0 Å². The number of benzene rings is 2. The van der Waals surface area contributed by atoms with Crippen molar-refractivity contribution in [2.75, 3.05) is 13.2 Å². The van der Waals surface area contributed by atoms with Crippen molar-refractivity contribution in [3.05, 3.63) is 88.4 Å². The number of carbonyl (C=O) groups excluding carboxylic acids is 1. The number of carbonyl (C=O) groups is 1. The van der Waals surface area contributed by atoms with Crippen LogP contribution in [-0.2, 0) is 12.6 Å². The lowest BCUT2D eigenvalue weighted by Crippen LogP contribution is -2.26. The van der Waals surface area contributed by atoms with E-state index in [0.717, 1.165) is 32.3 Å². The number of alkyl halides is 3. The van der Waals surface area contributed by atoms with E-state index in [1.807, 2.05) is 18.2 Å². The van der Waals surface area contributed by atoms with Crippen molar-refractivity contribution in [3.8, 4) is 11.1 Å². The highest BCUT2D eigenvalue weighted by Gasteiger charge is 2.30. The first kappa shape index (κ1) is 22.0. The minimum Gasteiger partial charge on any atom is -0.395 e. The predicted molar refractivity (Wildman–Crippen MR) is 119 cm³/mol. The summed E-state index contributed by atoms with van der Waals surface area (Å²) in [6, 6.07) is 16.2. The summed E-state index contributed by atoms with van der Waals surface area (Å²) in [6.45, 7) is 0.0344. The number of fused-ring (bicyclic) bond motifs is 1. The number of nitrogens with one attached hydrogen (secondary N) is 1. The SMILES string of the molecule is O=C(NCCO)c1cccc(-c2ccnc3cc(Cc4cccc(C(F)(F)F)c4)sc23)c1. The summed E-state index contributed by atoms with van der Waals surface area (Å²) in [5.41, 5.74) is 2.88. The fourth-order valence-corrected chi connectivity index (χ4v) is 4.64. The molecule has 0 unspecified atom stereocenters. The summed E-state index contributed by atoms with van der Waals surface area (Å²) in [6.07, 6.45) is -2.33. The second-order valence-corrected chi connectivity index (χ2v) is 8.36. The highest BCUT2D eigenvalue weighted by Crippen LogP contribution is 2.36. The normalized spacial score (nSPS) is 11.6. The van der Waals surface area contributed by atoms with Gasteiger partial charge in [-0.25, -0.2) is 0 Å². The standard InChI is InChI=1S/C24H19F3N2O2S/c25-24(26,27)18-6-1-3-15(11-18)12-19-14-21-22(32-19)20(7-8-28-21)16-4-2-5-17(13-16)23(31)29-9-10-30/h1-8,11,13-14,30H,9-10,12H2,(H,29,31). The Morgan fingerprint density at radius 1 is 1.06 bits per heavy atom. The van der Waals surface area contributed by atoms with Gasteiger partial charge in [0.1, 0.15) is 0 Å². The number of hydrogen-bond donors (Lipinski definition) is 2. The third kappa shape index (κ3) is 4.81. The minimum atomic E-state index is -4.38. The van der Waals surface area contributed by atoms with Crippen LogP contribution < -0.4 is 5.32 Å². The third-order valence-electron chi connectivity index (χ3n) is 4.93. The Bertz CT molecular complexity index is 1270. The maximum Gasteiger partial charge on any atom is 0.416 e. The highest BCUT2D eigenvalue weighted by molar-refractivity contribution is 7.19. The minimum absolute atomic E-state index is 0.139. The Balaban J connectivity index is 1.66. The first-order valence-corrected chi connectivity index (χ1v) is 10.7. The molecule has 32 heavy (non-hydrogen) atoms. The fourth-order valence-electron chi connectivity index (χ4n) is 3.46. The zero-order valence-corrected chi connectivity index (χ0v) is 17.6. The molecule has 2 N–H and O–H groups in total. The molecule has 0 bridgehead atoms. The zero-order chi connectivity index (χ0) is 22.7. The van der Waals surface area contributed by atoms with E-state index in [4.69, 9.17) is 5.11 Å². The monoisotopic (exact) mass is 456 g/mol. The Labute approximate surface area is 186 Å². The van der Waals surface area contributed by atoms with Gasteiger partial charge in [-0.1, -0.05) is 30.3 Å². The van der Waals surface area contributed by atoms with E-state index in [0.29, 0.717) is 17.5 Å². The van der Waals surface area contributed by atoms with Crippen LogP contribution in [0.1, 0.15) is 26.4 Å². The number of hydrogen-bond acceptors (Lipinski definition) is 4. The average Bonchev–Trinajstić information content (AvgIpc) is 3.19. The maximum absolute atomic E-state index is 13.0. The van der Waals surface area contributed by atoms with E-state index >= 15 is 0 Å². The van der Waals surface area contributed by atoms with Crippen LogP contribution >= 0.6 is 11.3 Å². The Morgan fingerprint density at radius 3 is 2.66 bits per heavy atom. The molecule has 0 saturated carbocycles. The van der Waals surface area contributed by atoms with Gasteiger partial charge in [-0.3, -0.25) is 9.78 Å². The molecule has 1 amide bonds. The lowest BCUT2D eigenvalue weighted by molar-refractivity contribution is -0.137. The van der Waals surface area contributed by atoms with E-state index in [-0.39, 0.29) is 19.1 Å². The van der Waals surface area contributed by atoms with Gasteiger partial charge in [0.05, 0.1) is 22.4 Å². The number of aliphatic hydroxyl groups is 1. The number of aliphatic hydroxyl groups excluding tert-OH is 1. The van der Waals surface area contributed by atoms with Crippen LogP contribution in [-0.4, -0.2) is 29.1 Å². The molecule has 4 rings (SSSR count). The summed E-state index contributed by atoms with van der Waals surface area (Å²) < 4.78 is 40.0. The van der Waals surface area contributed by atoms with Gasteiger partial charge in [0, 0.05) is 35.2 Å². The fraction of sp³-hybridized carbons (Fsp3) is 0.167. The van der Waals surface area contributed by atoms with E-state index in [1.165, 1.54) is 23.5 Å². The number of rotatable bonds is 6. The molecule has 0 spiro atoms. The largest absolute Gasteiger partial charge is 0.416 e. The van der Waals surface area contributed by atoms with Crippen LogP contribution in [0.2, 0.25) is 0 Å². The molecular formula is C24H19F3N2O2S. The van der Waals surface area contributed by atoms with Gasteiger partial charge in [-0.2, -0.15) is 13.2 Å². The number of nitrogens with zero attached hydrogens (tertiary/aromatic N) is 1. The summed E-state index contributed by atoms with van der Waals surface area (Å²) in [7, 11) is 0. The molecule has 0 aliphatic carbocycles. The number of pyridine rings is 1. The molecule has 164 valence electrons. The number of aromatic nitrogens is 1. The van der Waals surface area contributed by atoms with Gasteiger partial charge in [0.15, 0.2) is 0 Å². The van der Waals surface area contributed by atoms with E-state index < -0.39 is 11.7 Å². The number of amides is 1. The average molecular weight is 456 g/mol. The second-order valence-electron chi connectivity index (χ2n) is 7.22. The van der Waals surface area contributed by atoms with Crippen LogP contribution in [0.4, 0.5) is 13.2 Å². The van der Waals surface area contributed by atoms with Crippen molar-refractivity contribution in [1.82, 2.24) is 10.3 Å². The Kier molecular flexibility index (Phi) is 6.25. The first-order valence-electron chi connectivity index (χ1n) is 9.88. The Hall–Kier alpha value is -3.23. The molecule has 4 aromatic rings. The second kappa shape index (κ2) is 9.10. The lowest BCUT2D eigenvalue weighted by Gasteiger charge is -2.08. The van der Waals surface area contributed by atoms with Crippen LogP contribution in [0.25, 0.3) is 21.3 Å². The molecule has 2 heterocycles. The van der Waals surface area contributed by atoms with Crippen molar-refractivity contribution in [3.63, 3.8) is 0 Å². The van der Waals surface area contributed by atoms with E-state index in [9.17, 15) is 18.0 Å². The molecule has 0 aliphatic rings. The summed E-state index contributed by atoms with van der Waals surface area (Å²) in [5, 5.41) is 11.5. The van der Waals surface area contributed by atoms with Crippen LogP contribution in [0, 0.1) is 0 Å². The van der Waals surface area contributed by atoms with Crippen LogP contribution in [0.15, 0.2) is 66.9 Å². The maximum atomic E-state index is 13.0. The molecule has 0 radical (unpaired) electrons. The third-order valence-corrected chi connectivity index (χ3v) is 6.09. The van der Waals surface area contributed by atoms with Crippen molar-refractivity contribution in [2.45, 2.75) is 12.6 Å². The van der Waals surface area contributed by atoms with Gasteiger partial charge in [0.25, 0.3) is 5.91 Å². The lowest BCUT2D eigenvalue weighted by atomic mass is 10.0. The number of thiophene rings is 1. The molecule has 4 nitrogen and oxygen atoms in total. The van der Waals surface area contributed by atoms with E-state index in [2.05, 4.69) is 10.3 Å². The van der Waals surface area contributed by atoms with Gasteiger partial charge in [0.2, 0.25) is 0 Å².